The molecule has 3 N–H and O–H groups in total. The van der Waals surface area contributed by atoms with Gasteiger partial charge >= 0.3 is 11.9 Å². The first-order chi connectivity index (χ1) is 15.5. The maximum atomic E-state index is 15.7. The summed E-state index contributed by atoms with van der Waals surface area (Å²) >= 11 is 1.33. The predicted molar refractivity (Wildman–Crippen MR) is 118 cm³/mol. The van der Waals surface area contributed by atoms with Crippen LogP contribution >= 0.6 is 11.3 Å². The highest BCUT2D eigenvalue weighted by Gasteiger charge is 2.45. The summed E-state index contributed by atoms with van der Waals surface area (Å²) in [6.45, 7) is 3.31. The Labute approximate surface area is 191 Å². The molecule has 10 heteroatoms. The van der Waals surface area contributed by atoms with Crippen molar-refractivity contribution in [3.63, 3.8) is 0 Å². The molecule has 0 amide bonds. The van der Waals surface area contributed by atoms with Crippen molar-refractivity contribution in [3.8, 4) is 0 Å². The third-order valence-corrected chi connectivity index (χ3v) is 8.62. The Morgan fingerprint density at radius 2 is 1.94 bits per heavy atom. The topological polar surface area (TPSA) is 80.9 Å². The van der Waals surface area contributed by atoms with E-state index in [1.165, 1.54) is 18.3 Å². The number of hydrogen-bond donors (Lipinski definition) is 2. The number of hydrogen-bond acceptors (Lipinski definition) is 4. The van der Waals surface area contributed by atoms with Gasteiger partial charge in [-0.2, -0.15) is 13.2 Å². The number of aromatic amines is 1. The normalized spacial score (nSPS) is 26.2. The van der Waals surface area contributed by atoms with Gasteiger partial charge in [0.25, 0.3) is 5.56 Å². The highest BCUT2D eigenvalue weighted by Crippen LogP contribution is 2.52. The third kappa shape index (κ3) is 3.53. The molecular weight excluding hydrogens is 458 g/mol. The number of nitrogens with one attached hydrogen (secondary N) is 1. The molecule has 0 aliphatic heterocycles. The van der Waals surface area contributed by atoms with Crippen LogP contribution in [-0.2, 0) is 6.42 Å². The van der Waals surface area contributed by atoms with Crippen molar-refractivity contribution in [1.82, 2.24) is 9.55 Å². The Bertz CT molecular complexity index is 1270. The number of allylic oxidation sites excluding steroid dienone is 2. The monoisotopic (exact) mass is 483 g/mol. The Kier molecular flexibility index (Phi) is 5.24. The molecule has 1 saturated carbocycles. The number of nitrogens with zero attached hydrogens (tertiary/aromatic N) is 1. The predicted octanol–water partition coefficient (Wildman–Crippen LogP) is 4.84. The lowest BCUT2D eigenvalue weighted by Crippen LogP contribution is -2.43. The van der Waals surface area contributed by atoms with E-state index >= 15 is 4.39 Å². The summed E-state index contributed by atoms with van der Waals surface area (Å²) < 4.78 is 57.5. The van der Waals surface area contributed by atoms with Crippen LogP contribution in [0, 0.1) is 0 Å². The maximum Gasteiger partial charge on any atom is 0.404 e. The quantitative estimate of drug-likeness (QED) is 0.613. The Hall–Kier alpha value is -2.20. The molecule has 0 radical (unpaired) electrons. The molecule has 33 heavy (non-hydrogen) atoms. The van der Waals surface area contributed by atoms with Gasteiger partial charge in [0.05, 0.1) is 11.5 Å². The first-order valence-electron chi connectivity index (χ1n) is 11.2. The van der Waals surface area contributed by atoms with Gasteiger partial charge in [-0.1, -0.05) is 6.92 Å². The van der Waals surface area contributed by atoms with E-state index in [1.54, 1.807) is 17.6 Å². The molecule has 2 aromatic heterocycles. The van der Waals surface area contributed by atoms with E-state index in [4.69, 9.17) is 5.73 Å². The van der Waals surface area contributed by atoms with Crippen LogP contribution in [-0.4, -0.2) is 21.8 Å². The van der Waals surface area contributed by atoms with Crippen LogP contribution in [0.4, 0.5) is 17.6 Å². The minimum absolute atomic E-state index is 0.0223. The van der Waals surface area contributed by atoms with Gasteiger partial charge in [-0.15, -0.1) is 11.3 Å². The van der Waals surface area contributed by atoms with Crippen molar-refractivity contribution in [1.29, 1.82) is 0 Å². The minimum atomic E-state index is -4.51. The van der Waals surface area contributed by atoms with Crippen molar-refractivity contribution in [2.75, 3.05) is 0 Å². The third-order valence-electron chi connectivity index (χ3n) is 7.33. The minimum Gasteiger partial charge on any atom is -0.320 e. The lowest BCUT2D eigenvalue weighted by molar-refractivity contribution is -0.153. The maximum absolute atomic E-state index is 15.7. The Balaban J connectivity index is 1.64. The van der Waals surface area contributed by atoms with E-state index in [-0.39, 0.29) is 17.2 Å². The van der Waals surface area contributed by atoms with Crippen molar-refractivity contribution in [3.05, 3.63) is 59.3 Å². The second-order valence-electron chi connectivity index (χ2n) is 9.45. The molecule has 4 unspecified atom stereocenters. The molecule has 0 spiro atoms. The average molecular weight is 484 g/mol. The van der Waals surface area contributed by atoms with Gasteiger partial charge in [-0.05, 0) is 56.2 Å². The summed E-state index contributed by atoms with van der Waals surface area (Å²) in [7, 11) is 0. The van der Waals surface area contributed by atoms with E-state index in [9.17, 15) is 22.8 Å². The summed E-state index contributed by atoms with van der Waals surface area (Å²) in [6.07, 6.45) is -1.33. The fraction of sp³-hybridized carbons (Fsp3) is 0.565. The zero-order chi connectivity index (χ0) is 23.8. The largest absolute Gasteiger partial charge is 0.404 e. The number of alkyl halides is 3. The van der Waals surface area contributed by atoms with Crippen molar-refractivity contribution < 1.29 is 17.6 Å². The van der Waals surface area contributed by atoms with Gasteiger partial charge in [-0.3, -0.25) is 14.3 Å². The molecule has 3 aliphatic rings. The molecule has 2 aromatic rings. The molecule has 3 aliphatic carbocycles. The van der Waals surface area contributed by atoms with E-state index in [2.05, 4.69) is 4.98 Å². The molecule has 4 atom stereocenters. The standard InChI is InChI=1S/C23H25F4N3O2S/c1-9-17-19(30(11-6-7-11)22(32)29-21(17)31)10(2)16(18(9)24)15-8-13-12(20(28)23(25,26)27)4-3-5-14(13)33-15/h8,10-12,16,20H,3-7,28H2,1-2H3,(H,29,31,32). The number of fused-ring (bicyclic) bond motifs is 2. The van der Waals surface area contributed by atoms with Gasteiger partial charge in [0, 0.05) is 33.3 Å². The number of halogens is 4. The molecule has 1 fully saturated rings. The van der Waals surface area contributed by atoms with Crippen LogP contribution in [0.25, 0.3) is 5.57 Å². The number of thiophene rings is 1. The summed E-state index contributed by atoms with van der Waals surface area (Å²) in [6, 6.07) is -0.309. The van der Waals surface area contributed by atoms with Gasteiger partial charge in [-0.25, -0.2) is 9.18 Å². The number of aryl methyl sites for hydroxylation is 1. The van der Waals surface area contributed by atoms with Crippen molar-refractivity contribution in [2.24, 2.45) is 5.73 Å². The first-order valence-corrected chi connectivity index (χ1v) is 12.0. The summed E-state index contributed by atoms with van der Waals surface area (Å²) in [5, 5.41) is 0. The van der Waals surface area contributed by atoms with Crippen LogP contribution in [0.15, 0.2) is 21.5 Å². The highest BCUT2D eigenvalue weighted by molar-refractivity contribution is 7.12. The van der Waals surface area contributed by atoms with Crippen LogP contribution in [0.2, 0.25) is 0 Å². The van der Waals surface area contributed by atoms with Crippen molar-refractivity contribution >= 4 is 16.9 Å². The van der Waals surface area contributed by atoms with Crippen LogP contribution in [0.3, 0.4) is 0 Å². The molecule has 5 nitrogen and oxygen atoms in total. The SMILES string of the molecule is CC1=C(F)C(c2cc3c(s2)CCCC3C(N)C(F)(F)F)C(C)c2c1c(=O)[nH]c(=O)n2C1CC1. The number of H-pyrrole nitrogens is 1. The molecule has 178 valence electrons. The molecule has 0 bridgehead atoms. The van der Waals surface area contributed by atoms with E-state index < -0.39 is 47.0 Å². The summed E-state index contributed by atoms with van der Waals surface area (Å²) in [4.78, 5) is 29.0. The van der Waals surface area contributed by atoms with Crippen LogP contribution in [0.5, 0.6) is 0 Å². The first kappa shape index (κ1) is 22.6. The fourth-order valence-electron chi connectivity index (χ4n) is 5.54. The molecule has 0 saturated heterocycles. The number of aromatic nitrogens is 2. The lowest BCUT2D eigenvalue weighted by atomic mass is 9.77. The summed E-state index contributed by atoms with van der Waals surface area (Å²) in [5.74, 6) is -2.61. The number of nitrogens with two attached hydrogens (primary N) is 1. The van der Waals surface area contributed by atoms with Gasteiger partial charge in [0.1, 0.15) is 11.9 Å². The van der Waals surface area contributed by atoms with Gasteiger partial charge < -0.3 is 5.73 Å². The van der Waals surface area contributed by atoms with Crippen LogP contribution < -0.4 is 17.0 Å². The lowest BCUT2D eigenvalue weighted by Gasteiger charge is -2.32. The van der Waals surface area contributed by atoms with Gasteiger partial charge in [0.2, 0.25) is 0 Å². The summed E-state index contributed by atoms with van der Waals surface area (Å²) in [5.41, 5.74) is 5.93. The second kappa shape index (κ2) is 7.66. The molecular formula is C23H25F4N3O2S. The second-order valence-corrected chi connectivity index (χ2v) is 10.6. The van der Waals surface area contributed by atoms with Crippen LogP contribution in [0.1, 0.15) is 89.9 Å². The van der Waals surface area contributed by atoms with Crippen molar-refractivity contribution in [2.45, 2.75) is 82.0 Å². The molecule has 5 rings (SSSR count). The molecule has 0 aromatic carbocycles. The van der Waals surface area contributed by atoms with E-state index in [1.807, 2.05) is 0 Å². The van der Waals surface area contributed by atoms with E-state index in [0.29, 0.717) is 35.4 Å². The van der Waals surface area contributed by atoms with Gasteiger partial charge in [0.15, 0.2) is 0 Å². The Morgan fingerprint density at radius 1 is 1.24 bits per heavy atom. The zero-order valence-electron chi connectivity index (χ0n) is 18.3. The zero-order valence-corrected chi connectivity index (χ0v) is 19.1. The average Bonchev–Trinajstić information content (AvgIpc) is 3.48. The molecule has 2 heterocycles. The smallest absolute Gasteiger partial charge is 0.320 e. The van der Waals surface area contributed by atoms with E-state index in [0.717, 1.165) is 17.7 Å². The Morgan fingerprint density at radius 3 is 2.58 bits per heavy atom. The number of rotatable bonds is 3. The highest BCUT2D eigenvalue weighted by atomic mass is 32.1. The fourth-order valence-corrected chi connectivity index (χ4v) is 7.02.